The Morgan fingerprint density at radius 3 is 2.63 bits per heavy atom. The van der Waals surface area contributed by atoms with Crippen molar-refractivity contribution in [2.75, 3.05) is 13.1 Å². The molecule has 38 heavy (non-hydrogen) atoms. The molecule has 2 aliphatic rings. The van der Waals surface area contributed by atoms with Crippen LogP contribution in [-0.4, -0.2) is 38.6 Å². The zero-order valence-electron chi connectivity index (χ0n) is 21.6. The zero-order chi connectivity index (χ0) is 26.4. The van der Waals surface area contributed by atoms with E-state index in [0.717, 1.165) is 34.3 Å². The quantitative estimate of drug-likeness (QED) is 0.355. The number of benzene rings is 2. The lowest BCUT2D eigenvalue weighted by Gasteiger charge is -2.40. The highest BCUT2D eigenvalue weighted by Gasteiger charge is 2.34. The second-order valence-corrected chi connectivity index (χ2v) is 10.3. The number of pyridine rings is 2. The SMILES string of the molecule is C=CC(=O)N1CC(c2cc3cc(C4CC4)ccc3c(=O)n2-c2cccc(-c3ccnc(CC)c3)c2CO)C1. The molecule has 1 aliphatic heterocycles. The number of aromatic nitrogens is 2. The maximum absolute atomic E-state index is 14.2. The number of nitrogens with zero attached hydrogens (tertiary/aromatic N) is 3. The van der Waals surface area contributed by atoms with E-state index in [1.165, 1.54) is 24.5 Å². The molecule has 6 rings (SSSR count). The van der Waals surface area contributed by atoms with Gasteiger partial charge in [-0.1, -0.05) is 37.8 Å². The van der Waals surface area contributed by atoms with E-state index < -0.39 is 0 Å². The minimum atomic E-state index is -0.217. The summed E-state index contributed by atoms with van der Waals surface area (Å²) >= 11 is 0. The van der Waals surface area contributed by atoms with E-state index in [1.807, 2.05) is 36.4 Å². The van der Waals surface area contributed by atoms with Gasteiger partial charge in [-0.05, 0) is 83.7 Å². The highest BCUT2D eigenvalue weighted by Crippen LogP contribution is 2.41. The second kappa shape index (κ2) is 9.69. The van der Waals surface area contributed by atoms with Crippen LogP contribution in [-0.2, 0) is 17.8 Å². The van der Waals surface area contributed by atoms with Gasteiger partial charge in [0.25, 0.3) is 5.56 Å². The number of hydrogen-bond donors (Lipinski definition) is 1. The number of aliphatic hydroxyl groups is 1. The summed E-state index contributed by atoms with van der Waals surface area (Å²) in [6.07, 6.45) is 6.31. The molecular formula is C32H31N3O3. The van der Waals surface area contributed by atoms with Gasteiger partial charge in [-0.15, -0.1) is 0 Å². The minimum absolute atomic E-state index is 0.00315. The summed E-state index contributed by atoms with van der Waals surface area (Å²) in [7, 11) is 0. The van der Waals surface area contributed by atoms with Crippen LogP contribution in [0.25, 0.3) is 27.6 Å². The van der Waals surface area contributed by atoms with Crippen LogP contribution in [0, 0.1) is 0 Å². The van der Waals surface area contributed by atoms with Crippen molar-refractivity contribution < 1.29 is 9.90 Å². The number of aryl methyl sites for hydroxylation is 1. The van der Waals surface area contributed by atoms with E-state index in [-0.39, 0.29) is 24.0 Å². The van der Waals surface area contributed by atoms with Crippen molar-refractivity contribution in [1.82, 2.24) is 14.5 Å². The predicted molar refractivity (Wildman–Crippen MR) is 150 cm³/mol. The van der Waals surface area contributed by atoms with Gasteiger partial charge in [0.1, 0.15) is 0 Å². The van der Waals surface area contributed by atoms with E-state index in [0.29, 0.717) is 35.6 Å². The van der Waals surface area contributed by atoms with Crippen molar-refractivity contribution in [2.45, 2.75) is 44.6 Å². The zero-order valence-corrected chi connectivity index (χ0v) is 21.6. The number of hydrogen-bond acceptors (Lipinski definition) is 4. The Kier molecular flexibility index (Phi) is 6.20. The van der Waals surface area contributed by atoms with E-state index >= 15 is 0 Å². The molecule has 0 radical (unpaired) electrons. The Morgan fingerprint density at radius 1 is 1.11 bits per heavy atom. The Labute approximate surface area is 221 Å². The summed E-state index contributed by atoms with van der Waals surface area (Å²) in [5.41, 5.74) is 6.19. The largest absolute Gasteiger partial charge is 0.392 e. The molecule has 3 heterocycles. The summed E-state index contributed by atoms with van der Waals surface area (Å²) in [6.45, 7) is 6.50. The van der Waals surface area contributed by atoms with Gasteiger partial charge in [-0.25, -0.2) is 0 Å². The molecule has 1 saturated heterocycles. The molecule has 2 aromatic carbocycles. The highest BCUT2D eigenvalue weighted by atomic mass is 16.3. The van der Waals surface area contributed by atoms with Gasteiger partial charge in [0.05, 0.1) is 12.3 Å². The van der Waals surface area contributed by atoms with Gasteiger partial charge >= 0.3 is 0 Å². The molecule has 1 saturated carbocycles. The molecule has 2 aromatic heterocycles. The first-order valence-electron chi connectivity index (χ1n) is 13.3. The van der Waals surface area contributed by atoms with Crippen LogP contribution >= 0.6 is 0 Å². The molecule has 1 amide bonds. The van der Waals surface area contributed by atoms with Crippen LogP contribution < -0.4 is 5.56 Å². The predicted octanol–water partition coefficient (Wildman–Crippen LogP) is 5.10. The van der Waals surface area contributed by atoms with Crippen molar-refractivity contribution in [3.05, 3.63) is 106 Å². The Morgan fingerprint density at radius 2 is 1.92 bits per heavy atom. The number of aliphatic hydroxyl groups excluding tert-OH is 1. The maximum atomic E-state index is 14.2. The normalized spacial score (nSPS) is 15.5. The van der Waals surface area contributed by atoms with Crippen LogP contribution in [0.5, 0.6) is 0 Å². The lowest BCUT2D eigenvalue weighted by molar-refractivity contribution is -0.130. The van der Waals surface area contributed by atoms with Gasteiger partial charge in [0, 0.05) is 47.5 Å². The molecular weight excluding hydrogens is 474 g/mol. The third kappa shape index (κ3) is 4.15. The molecule has 1 N–H and O–H groups in total. The van der Waals surface area contributed by atoms with Crippen molar-refractivity contribution >= 4 is 16.7 Å². The molecule has 2 fully saturated rings. The Hall–Kier alpha value is -4.03. The maximum Gasteiger partial charge on any atom is 0.263 e. The molecule has 192 valence electrons. The summed E-state index contributed by atoms with van der Waals surface area (Å²) in [6, 6.07) is 18.1. The van der Waals surface area contributed by atoms with Gasteiger partial charge < -0.3 is 10.0 Å². The molecule has 0 atom stereocenters. The number of rotatable bonds is 7. The van der Waals surface area contributed by atoms with Gasteiger partial charge in [-0.2, -0.15) is 0 Å². The van der Waals surface area contributed by atoms with Crippen LogP contribution in [0.4, 0.5) is 0 Å². The first-order valence-corrected chi connectivity index (χ1v) is 13.3. The number of carbonyl (C=O) groups is 1. The van der Waals surface area contributed by atoms with Crippen LogP contribution in [0.2, 0.25) is 0 Å². The third-order valence-electron chi connectivity index (χ3n) is 7.95. The van der Waals surface area contributed by atoms with Crippen LogP contribution in [0.1, 0.15) is 54.1 Å². The summed E-state index contributed by atoms with van der Waals surface area (Å²) in [4.78, 5) is 32.5. The van der Waals surface area contributed by atoms with Crippen molar-refractivity contribution in [3.63, 3.8) is 0 Å². The van der Waals surface area contributed by atoms with Gasteiger partial charge in [-0.3, -0.25) is 19.1 Å². The van der Waals surface area contributed by atoms with Crippen molar-refractivity contribution in [2.24, 2.45) is 0 Å². The lowest BCUT2D eigenvalue weighted by Crippen LogP contribution is -2.49. The first kappa shape index (κ1) is 24.3. The fourth-order valence-electron chi connectivity index (χ4n) is 5.61. The number of carbonyl (C=O) groups excluding carboxylic acids is 1. The van der Waals surface area contributed by atoms with Gasteiger partial charge in [0.2, 0.25) is 5.91 Å². The monoisotopic (exact) mass is 505 g/mol. The molecule has 6 heteroatoms. The number of amides is 1. The van der Waals surface area contributed by atoms with Crippen LogP contribution in [0.3, 0.4) is 0 Å². The molecule has 6 nitrogen and oxygen atoms in total. The van der Waals surface area contributed by atoms with Crippen molar-refractivity contribution in [1.29, 1.82) is 0 Å². The molecule has 4 aromatic rings. The molecule has 0 bridgehead atoms. The second-order valence-electron chi connectivity index (χ2n) is 10.3. The minimum Gasteiger partial charge on any atom is -0.392 e. The summed E-state index contributed by atoms with van der Waals surface area (Å²) < 4.78 is 1.76. The first-order chi connectivity index (χ1) is 18.5. The van der Waals surface area contributed by atoms with Crippen molar-refractivity contribution in [3.8, 4) is 16.8 Å². The van der Waals surface area contributed by atoms with E-state index in [2.05, 4.69) is 36.7 Å². The smallest absolute Gasteiger partial charge is 0.263 e. The van der Waals surface area contributed by atoms with Gasteiger partial charge in [0.15, 0.2) is 0 Å². The number of fused-ring (bicyclic) bond motifs is 1. The standard InChI is InChI=1S/C32H31N3O3/c1-3-25-15-22(12-13-33-25)26-6-5-7-29(28(26)19-36)35-30(24-17-34(18-24)31(37)4-2)16-23-14-21(20-8-9-20)10-11-27(23)32(35)38/h4-7,10-16,20,24,36H,2-3,8-9,17-19H2,1H3. The highest BCUT2D eigenvalue weighted by molar-refractivity contribution is 5.88. The van der Waals surface area contributed by atoms with Crippen LogP contribution in [0.15, 0.2) is 78.2 Å². The molecule has 0 unspecified atom stereocenters. The Balaban J connectivity index is 1.55. The molecule has 1 aliphatic carbocycles. The molecule has 0 spiro atoms. The fourth-order valence-corrected chi connectivity index (χ4v) is 5.61. The third-order valence-corrected chi connectivity index (χ3v) is 7.95. The van der Waals surface area contributed by atoms with E-state index in [4.69, 9.17) is 0 Å². The van der Waals surface area contributed by atoms with E-state index in [1.54, 1.807) is 15.7 Å². The average Bonchev–Trinajstić information content (AvgIpc) is 3.77. The fraction of sp³-hybridized carbons (Fsp3) is 0.281. The Bertz CT molecular complexity index is 1630. The lowest BCUT2D eigenvalue weighted by atomic mass is 9.92. The summed E-state index contributed by atoms with van der Waals surface area (Å²) in [5.74, 6) is 0.485. The average molecular weight is 506 g/mol. The topological polar surface area (TPSA) is 75.4 Å². The number of likely N-dealkylation sites (tertiary alicyclic amines) is 1. The van der Waals surface area contributed by atoms with E-state index in [9.17, 15) is 14.7 Å². The summed E-state index contributed by atoms with van der Waals surface area (Å²) in [5, 5.41) is 12.2.